The van der Waals surface area contributed by atoms with Crippen LogP contribution in [0.4, 0.5) is 15.8 Å². The number of anilines is 1. The minimum atomic E-state index is -0.538. The third-order valence-corrected chi connectivity index (χ3v) is 3.62. The van der Waals surface area contributed by atoms with Gasteiger partial charge in [-0.15, -0.1) is 0 Å². The molecule has 1 aromatic heterocycles. The summed E-state index contributed by atoms with van der Waals surface area (Å²) in [5.41, 5.74) is -0.0274. The highest BCUT2D eigenvalue weighted by Crippen LogP contribution is 2.31. The Morgan fingerprint density at radius 1 is 1.45 bits per heavy atom. The molecule has 5 nitrogen and oxygen atoms in total. The first kappa shape index (κ1) is 14.8. The molecule has 0 bridgehead atoms. The summed E-state index contributed by atoms with van der Waals surface area (Å²) in [5.74, 6) is 0.884. The highest BCUT2D eigenvalue weighted by Gasteiger charge is 2.20. The summed E-state index contributed by atoms with van der Waals surface area (Å²) in [5, 5.41) is 13.9. The Kier molecular flexibility index (Phi) is 4.26. The van der Waals surface area contributed by atoms with Gasteiger partial charge >= 0.3 is 0 Å². The lowest BCUT2D eigenvalue weighted by Gasteiger charge is -2.13. The van der Waals surface area contributed by atoms with E-state index in [9.17, 15) is 14.5 Å². The van der Waals surface area contributed by atoms with E-state index in [1.165, 1.54) is 6.07 Å². The van der Waals surface area contributed by atoms with Crippen molar-refractivity contribution in [2.24, 2.45) is 0 Å². The van der Waals surface area contributed by atoms with Crippen molar-refractivity contribution in [1.29, 1.82) is 0 Å². The Bertz CT molecular complexity index is 657. The van der Waals surface area contributed by atoms with Crippen molar-refractivity contribution >= 4 is 34.0 Å². The summed E-state index contributed by atoms with van der Waals surface area (Å²) < 4.78 is 19.2. The molecule has 2 rings (SSSR count). The molecule has 2 aromatic rings. The van der Waals surface area contributed by atoms with Gasteiger partial charge in [-0.2, -0.15) is 0 Å². The monoisotopic (exact) mass is 390 g/mol. The number of hydrogen-bond acceptors (Lipinski definition) is 4. The molecule has 106 valence electrons. The van der Waals surface area contributed by atoms with Crippen LogP contribution in [0.15, 0.2) is 28.7 Å². The number of hydrogen-bond donors (Lipinski definition) is 1. The summed E-state index contributed by atoms with van der Waals surface area (Å²) >= 11 is 1.72. The number of nitrogens with one attached hydrogen (secondary N) is 1. The zero-order chi connectivity index (χ0) is 14.9. The van der Waals surface area contributed by atoms with Crippen molar-refractivity contribution in [2.75, 3.05) is 5.32 Å². The number of nitro groups is 1. The molecule has 0 saturated carbocycles. The van der Waals surface area contributed by atoms with E-state index in [1.54, 1.807) is 41.6 Å². The molecule has 0 aliphatic heterocycles. The average Bonchev–Trinajstić information content (AvgIpc) is 2.80. The van der Waals surface area contributed by atoms with E-state index in [0.29, 0.717) is 5.76 Å². The van der Waals surface area contributed by atoms with Gasteiger partial charge in [-0.05, 0) is 48.6 Å². The standard InChI is InChI=1S/C13H12FIN2O3/c1-7-3-4-13(20-7)8(2)16-11-5-9(14)10(15)6-12(11)17(18)19/h3-6,8,16H,1-2H3. The van der Waals surface area contributed by atoms with Gasteiger partial charge in [0.2, 0.25) is 0 Å². The van der Waals surface area contributed by atoms with Crippen LogP contribution in [-0.4, -0.2) is 4.92 Å². The Morgan fingerprint density at radius 2 is 2.15 bits per heavy atom. The van der Waals surface area contributed by atoms with E-state index in [-0.39, 0.29) is 21.0 Å². The molecular formula is C13H12FIN2O3. The van der Waals surface area contributed by atoms with Gasteiger partial charge in [-0.3, -0.25) is 10.1 Å². The first-order chi connectivity index (χ1) is 9.38. The predicted octanol–water partition coefficient (Wildman–Crippen LogP) is 4.41. The maximum absolute atomic E-state index is 13.6. The van der Waals surface area contributed by atoms with Crippen LogP contribution in [0.5, 0.6) is 0 Å². The number of halogens is 2. The smallest absolute Gasteiger partial charge is 0.293 e. The fraction of sp³-hybridized carbons (Fsp3) is 0.231. The Labute approximate surface area is 128 Å². The summed E-state index contributed by atoms with van der Waals surface area (Å²) in [6, 6.07) is 5.62. The van der Waals surface area contributed by atoms with Gasteiger partial charge in [0.1, 0.15) is 23.0 Å². The molecular weight excluding hydrogens is 378 g/mol. The van der Waals surface area contributed by atoms with Crippen molar-refractivity contribution < 1.29 is 13.7 Å². The van der Waals surface area contributed by atoms with Gasteiger partial charge in [-0.25, -0.2) is 4.39 Å². The number of furan rings is 1. The van der Waals surface area contributed by atoms with Crippen LogP contribution in [0, 0.1) is 26.4 Å². The molecule has 20 heavy (non-hydrogen) atoms. The van der Waals surface area contributed by atoms with Crippen molar-refractivity contribution in [3.8, 4) is 0 Å². The van der Waals surface area contributed by atoms with Crippen LogP contribution < -0.4 is 5.32 Å². The van der Waals surface area contributed by atoms with Crippen LogP contribution >= 0.6 is 22.6 Å². The summed E-state index contributed by atoms with van der Waals surface area (Å²) in [6.45, 7) is 3.60. The van der Waals surface area contributed by atoms with E-state index in [2.05, 4.69) is 5.32 Å². The molecule has 0 aliphatic rings. The predicted molar refractivity (Wildman–Crippen MR) is 81.3 cm³/mol. The van der Waals surface area contributed by atoms with E-state index in [4.69, 9.17) is 4.42 Å². The number of aryl methyl sites for hydroxylation is 1. The minimum Gasteiger partial charge on any atom is -0.464 e. The second kappa shape index (κ2) is 5.78. The molecule has 7 heteroatoms. The lowest BCUT2D eigenvalue weighted by Crippen LogP contribution is -2.08. The van der Waals surface area contributed by atoms with E-state index in [0.717, 1.165) is 11.8 Å². The number of benzene rings is 1. The molecule has 1 heterocycles. The second-order valence-corrected chi connectivity index (χ2v) is 5.52. The summed E-state index contributed by atoms with van der Waals surface area (Å²) in [7, 11) is 0. The zero-order valence-electron chi connectivity index (χ0n) is 10.8. The Morgan fingerprint density at radius 3 is 2.70 bits per heavy atom. The third kappa shape index (κ3) is 3.09. The SMILES string of the molecule is Cc1ccc(C(C)Nc2cc(F)c(I)cc2[N+](=O)[O-])o1. The Balaban J connectivity index is 2.33. The van der Waals surface area contributed by atoms with Gasteiger partial charge in [-0.1, -0.05) is 0 Å². The van der Waals surface area contributed by atoms with Gasteiger partial charge in [0.05, 0.1) is 14.5 Å². The number of nitrogens with zero attached hydrogens (tertiary/aromatic N) is 1. The molecule has 1 atom stereocenters. The summed E-state index contributed by atoms with van der Waals surface area (Å²) in [4.78, 5) is 10.5. The highest BCUT2D eigenvalue weighted by atomic mass is 127. The van der Waals surface area contributed by atoms with Crippen LogP contribution in [0.2, 0.25) is 0 Å². The van der Waals surface area contributed by atoms with Crippen molar-refractivity contribution in [1.82, 2.24) is 0 Å². The molecule has 0 saturated heterocycles. The van der Waals surface area contributed by atoms with Gasteiger partial charge in [0.25, 0.3) is 5.69 Å². The Hall–Kier alpha value is -1.64. The molecule has 0 spiro atoms. The maximum Gasteiger partial charge on any atom is 0.293 e. The first-order valence-electron chi connectivity index (χ1n) is 5.85. The second-order valence-electron chi connectivity index (χ2n) is 4.36. The molecule has 1 aromatic carbocycles. The van der Waals surface area contributed by atoms with Crippen LogP contribution in [0.1, 0.15) is 24.5 Å². The van der Waals surface area contributed by atoms with Crippen LogP contribution in [0.3, 0.4) is 0 Å². The average molecular weight is 390 g/mol. The number of rotatable bonds is 4. The normalized spacial score (nSPS) is 12.2. The lowest BCUT2D eigenvalue weighted by molar-refractivity contribution is -0.384. The quantitative estimate of drug-likeness (QED) is 0.477. The van der Waals surface area contributed by atoms with Crippen LogP contribution in [-0.2, 0) is 0 Å². The lowest BCUT2D eigenvalue weighted by atomic mass is 10.2. The fourth-order valence-electron chi connectivity index (χ4n) is 1.79. The zero-order valence-corrected chi connectivity index (χ0v) is 13.0. The van der Waals surface area contributed by atoms with Gasteiger partial charge in [0, 0.05) is 12.1 Å². The van der Waals surface area contributed by atoms with Crippen molar-refractivity contribution in [2.45, 2.75) is 19.9 Å². The molecule has 0 amide bonds. The highest BCUT2D eigenvalue weighted by molar-refractivity contribution is 14.1. The molecule has 0 fully saturated rings. The third-order valence-electron chi connectivity index (χ3n) is 2.80. The first-order valence-corrected chi connectivity index (χ1v) is 6.92. The largest absolute Gasteiger partial charge is 0.464 e. The molecule has 0 aliphatic carbocycles. The van der Waals surface area contributed by atoms with Crippen molar-refractivity contribution in [3.63, 3.8) is 0 Å². The van der Waals surface area contributed by atoms with E-state index < -0.39 is 10.7 Å². The maximum atomic E-state index is 13.6. The fourth-order valence-corrected chi connectivity index (χ4v) is 2.24. The van der Waals surface area contributed by atoms with Gasteiger partial charge < -0.3 is 9.73 Å². The van der Waals surface area contributed by atoms with Gasteiger partial charge in [0.15, 0.2) is 0 Å². The van der Waals surface area contributed by atoms with Crippen molar-refractivity contribution in [3.05, 3.63) is 55.3 Å². The molecule has 0 radical (unpaired) electrons. The van der Waals surface area contributed by atoms with E-state index in [1.807, 2.05) is 6.92 Å². The molecule has 1 N–H and O–H groups in total. The summed E-state index contributed by atoms with van der Waals surface area (Å²) in [6.07, 6.45) is 0. The molecule has 1 unspecified atom stereocenters. The topological polar surface area (TPSA) is 68.3 Å². The van der Waals surface area contributed by atoms with Crippen LogP contribution in [0.25, 0.3) is 0 Å². The minimum absolute atomic E-state index is 0.134. The van der Waals surface area contributed by atoms with E-state index >= 15 is 0 Å². The number of nitro benzene ring substituents is 1.